The number of rotatable bonds is 3. The van der Waals surface area contributed by atoms with E-state index in [4.69, 9.17) is 4.74 Å². The average molecular weight is 226 g/mol. The lowest BCUT2D eigenvalue weighted by atomic mass is 9.88. The Labute approximate surface area is 97.2 Å². The molecule has 0 saturated heterocycles. The number of hydrogen-bond acceptors (Lipinski definition) is 2. The predicted molar refractivity (Wildman–Crippen MR) is 61.3 cm³/mol. The maximum absolute atomic E-state index is 11.4. The number of hydrogen-bond donors (Lipinski definition) is 1. The molecule has 0 bridgehead atoms. The molecule has 0 aromatic carbocycles. The lowest BCUT2D eigenvalue weighted by Gasteiger charge is -2.34. The highest BCUT2D eigenvalue weighted by molar-refractivity contribution is 5.77. The van der Waals surface area contributed by atoms with Gasteiger partial charge < -0.3 is 9.84 Å². The van der Waals surface area contributed by atoms with Crippen LogP contribution in [0.4, 0.5) is 0 Å². The monoisotopic (exact) mass is 226 g/mol. The summed E-state index contributed by atoms with van der Waals surface area (Å²) >= 11 is 0. The molecule has 1 N–H and O–H groups in total. The molecular weight excluding hydrogens is 204 g/mol. The molecule has 2 aliphatic carbocycles. The summed E-state index contributed by atoms with van der Waals surface area (Å²) < 4.78 is 5.97. The van der Waals surface area contributed by atoms with Crippen LogP contribution in [0.1, 0.15) is 58.3 Å². The summed E-state index contributed by atoms with van der Waals surface area (Å²) in [7, 11) is 0. The number of aliphatic carboxylic acids is 1. The Morgan fingerprint density at radius 3 is 2.50 bits per heavy atom. The van der Waals surface area contributed by atoms with Gasteiger partial charge in [-0.1, -0.05) is 19.8 Å². The Balaban J connectivity index is 1.97. The van der Waals surface area contributed by atoms with E-state index < -0.39 is 11.6 Å². The molecule has 0 heterocycles. The van der Waals surface area contributed by atoms with E-state index >= 15 is 0 Å². The van der Waals surface area contributed by atoms with Gasteiger partial charge in [0.25, 0.3) is 0 Å². The minimum Gasteiger partial charge on any atom is -0.479 e. The van der Waals surface area contributed by atoms with Gasteiger partial charge >= 0.3 is 5.97 Å². The number of ether oxygens (including phenoxy) is 1. The van der Waals surface area contributed by atoms with Gasteiger partial charge in [0.1, 0.15) is 0 Å². The Bertz CT molecular complexity index is 256. The highest BCUT2D eigenvalue weighted by Crippen LogP contribution is 2.37. The molecule has 0 aliphatic heterocycles. The number of carboxylic acid groups (broad SMARTS) is 1. The molecule has 2 atom stereocenters. The largest absolute Gasteiger partial charge is 0.479 e. The molecule has 2 aliphatic rings. The van der Waals surface area contributed by atoms with Crippen molar-refractivity contribution in [3.05, 3.63) is 0 Å². The molecule has 16 heavy (non-hydrogen) atoms. The Kier molecular flexibility index (Phi) is 3.53. The minimum atomic E-state index is -0.846. The van der Waals surface area contributed by atoms with Gasteiger partial charge in [-0.2, -0.15) is 0 Å². The lowest BCUT2D eigenvalue weighted by molar-refractivity contribution is -0.176. The van der Waals surface area contributed by atoms with Crippen molar-refractivity contribution in [2.45, 2.75) is 70.0 Å². The molecule has 92 valence electrons. The van der Waals surface area contributed by atoms with Crippen LogP contribution < -0.4 is 0 Å². The van der Waals surface area contributed by atoms with Gasteiger partial charge in [-0.15, -0.1) is 0 Å². The van der Waals surface area contributed by atoms with Crippen molar-refractivity contribution in [2.75, 3.05) is 0 Å². The van der Waals surface area contributed by atoms with Crippen LogP contribution in [0.5, 0.6) is 0 Å². The Morgan fingerprint density at radius 2 is 1.94 bits per heavy atom. The van der Waals surface area contributed by atoms with Crippen LogP contribution in [0.2, 0.25) is 0 Å². The first-order valence-corrected chi connectivity index (χ1v) is 6.54. The van der Waals surface area contributed by atoms with E-state index in [2.05, 4.69) is 6.92 Å². The van der Waals surface area contributed by atoms with Gasteiger partial charge in [0.15, 0.2) is 5.60 Å². The average Bonchev–Trinajstić information content (AvgIpc) is 2.67. The van der Waals surface area contributed by atoms with Crippen molar-refractivity contribution in [1.82, 2.24) is 0 Å². The van der Waals surface area contributed by atoms with Crippen LogP contribution in [0.3, 0.4) is 0 Å². The smallest absolute Gasteiger partial charge is 0.335 e. The first kappa shape index (κ1) is 11.9. The lowest BCUT2D eigenvalue weighted by Crippen LogP contribution is -2.43. The summed E-state index contributed by atoms with van der Waals surface area (Å²) in [6.07, 6.45) is 8.09. The van der Waals surface area contributed by atoms with Gasteiger partial charge in [-0.3, -0.25) is 0 Å². The third kappa shape index (κ3) is 2.40. The second kappa shape index (κ2) is 4.74. The summed E-state index contributed by atoms with van der Waals surface area (Å²) in [5.74, 6) is -0.0609. The highest BCUT2D eigenvalue weighted by atomic mass is 16.5. The van der Waals surface area contributed by atoms with E-state index in [0.29, 0.717) is 18.8 Å². The maximum atomic E-state index is 11.4. The van der Waals surface area contributed by atoms with E-state index in [0.717, 1.165) is 25.7 Å². The topological polar surface area (TPSA) is 46.5 Å². The van der Waals surface area contributed by atoms with Gasteiger partial charge in [0.05, 0.1) is 6.10 Å². The van der Waals surface area contributed by atoms with Crippen LogP contribution in [-0.2, 0) is 9.53 Å². The first-order valence-electron chi connectivity index (χ1n) is 6.54. The molecule has 0 aromatic heterocycles. The summed E-state index contributed by atoms with van der Waals surface area (Å²) in [5, 5.41) is 9.34. The molecule has 3 nitrogen and oxygen atoms in total. The molecule has 2 fully saturated rings. The third-order valence-electron chi connectivity index (χ3n) is 4.08. The third-order valence-corrected chi connectivity index (χ3v) is 4.08. The van der Waals surface area contributed by atoms with E-state index in [9.17, 15) is 9.90 Å². The van der Waals surface area contributed by atoms with Crippen LogP contribution in [0, 0.1) is 5.92 Å². The maximum Gasteiger partial charge on any atom is 0.335 e. The van der Waals surface area contributed by atoms with Gasteiger partial charge in [-0.05, 0) is 44.4 Å². The van der Waals surface area contributed by atoms with Crippen molar-refractivity contribution < 1.29 is 14.6 Å². The minimum absolute atomic E-state index is 0.179. The normalized spacial score (nSPS) is 33.8. The molecule has 0 radical (unpaired) electrons. The molecule has 0 amide bonds. The molecule has 2 saturated carbocycles. The SMILES string of the molecule is CC1CCCC(OC2(C(=O)O)CCCC2)C1. The standard InChI is InChI=1S/C13H22O3/c1-10-5-4-6-11(9-10)16-13(12(14)15)7-2-3-8-13/h10-11H,2-9H2,1H3,(H,14,15). The Hall–Kier alpha value is -0.570. The second-order valence-electron chi connectivity index (χ2n) is 5.52. The first-order chi connectivity index (χ1) is 7.62. The second-order valence-corrected chi connectivity index (χ2v) is 5.52. The Morgan fingerprint density at radius 1 is 1.25 bits per heavy atom. The van der Waals surface area contributed by atoms with E-state index in [1.54, 1.807) is 0 Å². The zero-order valence-electron chi connectivity index (χ0n) is 10.1. The summed E-state index contributed by atoms with van der Waals surface area (Å²) in [6, 6.07) is 0. The van der Waals surface area contributed by atoms with Crippen LogP contribution >= 0.6 is 0 Å². The predicted octanol–water partition coefficient (Wildman–Crippen LogP) is 2.98. The van der Waals surface area contributed by atoms with Crippen molar-refractivity contribution in [3.8, 4) is 0 Å². The fraction of sp³-hybridized carbons (Fsp3) is 0.923. The van der Waals surface area contributed by atoms with Crippen molar-refractivity contribution in [2.24, 2.45) is 5.92 Å². The van der Waals surface area contributed by atoms with Crippen LogP contribution in [-0.4, -0.2) is 22.8 Å². The zero-order chi connectivity index (χ0) is 11.6. The summed E-state index contributed by atoms with van der Waals surface area (Å²) in [4.78, 5) is 11.4. The zero-order valence-corrected chi connectivity index (χ0v) is 10.1. The molecule has 2 unspecified atom stereocenters. The molecular formula is C13H22O3. The van der Waals surface area contributed by atoms with Crippen LogP contribution in [0.15, 0.2) is 0 Å². The molecule has 0 spiro atoms. The molecule has 2 rings (SSSR count). The van der Waals surface area contributed by atoms with Crippen LogP contribution in [0.25, 0.3) is 0 Å². The van der Waals surface area contributed by atoms with Crippen molar-refractivity contribution >= 4 is 5.97 Å². The molecule has 3 heteroatoms. The van der Waals surface area contributed by atoms with E-state index in [-0.39, 0.29) is 6.10 Å². The summed E-state index contributed by atoms with van der Waals surface area (Å²) in [6.45, 7) is 2.23. The quantitative estimate of drug-likeness (QED) is 0.804. The van der Waals surface area contributed by atoms with Crippen molar-refractivity contribution in [1.29, 1.82) is 0 Å². The van der Waals surface area contributed by atoms with Gasteiger partial charge in [-0.25, -0.2) is 4.79 Å². The fourth-order valence-electron chi connectivity index (χ4n) is 3.13. The van der Waals surface area contributed by atoms with Gasteiger partial charge in [0, 0.05) is 0 Å². The number of carbonyl (C=O) groups is 1. The summed E-state index contributed by atoms with van der Waals surface area (Å²) in [5.41, 5.74) is -0.846. The molecule has 0 aromatic rings. The van der Waals surface area contributed by atoms with Gasteiger partial charge in [0.2, 0.25) is 0 Å². The van der Waals surface area contributed by atoms with Crippen molar-refractivity contribution in [3.63, 3.8) is 0 Å². The fourth-order valence-corrected chi connectivity index (χ4v) is 3.13. The van der Waals surface area contributed by atoms with E-state index in [1.165, 1.54) is 12.8 Å². The van der Waals surface area contributed by atoms with E-state index in [1.807, 2.05) is 0 Å². The number of carboxylic acids is 1. The highest BCUT2D eigenvalue weighted by Gasteiger charge is 2.44.